The van der Waals surface area contributed by atoms with Gasteiger partial charge in [-0.15, -0.1) is 0 Å². The molecule has 0 aliphatic rings. The van der Waals surface area contributed by atoms with Gasteiger partial charge in [0.1, 0.15) is 5.76 Å². The molecule has 2 N–H and O–H groups in total. The molecule has 2 aromatic heterocycles. The largest absolute Gasteiger partial charge is 0.481 e. The van der Waals surface area contributed by atoms with Gasteiger partial charge in [-0.05, 0) is 31.0 Å². The van der Waals surface area contributed by atoms with Gasteiger partial charge in [-0.2, -0.15) is 0 Å². The summed E-state index contributed by atoms with van der Waals surface area (Å²) in [5.41, 5.74) is 0.916. The first-order chi connectivity index (χ1) is 10.7. The maximum atomic E-state index is 11.8. The topological polar surface area (TPSA) is 76.4 Å². The lowest BCUT2D eigenvalue weighted by atomic mass is 10.1. The number of nitrogens with one attached hydrogen (secondary N) is 2. The lowest BCUT2D eigenvalue weighted by Gasteiger charge is -2.14. The molecule has 0 spiro atoms. The van der Waals surface area contributed by atoms with Crippen molar-refractivity contribution in [2.24, 2.45) is 0 Å². The number of pyridine rings is 1. The molecule has 22 heavy (non-hydrogen) atoms. The number of rotatable bonds is 7. The molecule has 0 radical (unpaired) electrons. The van der Waals surface area contributed by atoms with Crippen LogP contribution in [0.25, 0.3) is 0 Å². The van der Waals surface area contributed by atoms with Crippen LogP contribution in [0.1, 0.15) is 24.7 Å². The van der Waals surface area contributed by atoms with Crippen LogP contribution in [0.15, 0.2) is 41.1 Å². The first-order valence-corrected chi connectivity index (χ1v) is 7.23. The standard InChI is InChI=1S/C16H21N3O3/c1-12(5-7-14-4-3-9-22-14)19-16(20)18-11-13-6-8-15(21-2)17-10-13/h3-4,6,8-10,12H,5,7,11H2,1-2H3,(H2,18,19,20). The summed E-state index contributed by atoms with van der Waals surface area (Å²) in [7, 11) is 1.57. The van der Waals surface area contributed by atoms with Crippen LogP contribution in [0.5, 0.6) is 5.88 Å². The number of aryl methyl sites for hydroxylation is 1. The summed E-state index contributed by atoms with van der Waals surface area (Å²) in [6.45, 7) is 2.39. The lowest BCUT2D eigenvalue weighted by Crippen LogP contribution is -2.40. The molecule has 1 unspecified atom stereocenters. The van der Waals surface area contributed by atoms with Crippen LogP contribution in [0, 0.1) is 0 Å². The van der Waals surface area contributed by atoms with Gasteiger partial charge in [-0.25, -0.2) is 9.78 Å². The summed E-state index contributed by atoms with van der Waals surface area (Å²) < 4.78 is 10.3. The number of carbonyl (C=O) groups is 1. The van der Waals surface area contributed by atoms with E-state index in [1.54, 1.807) is 25.6 Å². The molecule has 0 saturated heterocycles. The number of amides is 2. The summed E-state index contributed by atoms with van der Waals surface area (Å²) >= 11 is 0. The molecule has 1 atom stereocenters. The SMILES string of the molecule is COc1ccc(CNC(=O)NC(C)CCc2ccco2)cn1. The van der Waals surface area contributed by atoms with Crippen molar-refractivity contribution in [3.8, 4) is 5.88 Å². The summed E-state index contributed by atoms with van der Waals surface area (Å²) in [5, 5.41) is 5.70. The Kier molecular flexibility index (Phi) is 5.82. The van der Waals surface area contributed by atoms with Gasteiger partial charge in [0, 0.05) is 31.3 Å². The summed E-state index contributed by atoms with van der Waals surface area (Å²) in [5.74, 6) is 1.48. The van der Waals surface area contributed by atoms with Gasteiger partial charge < -0.3 is 19.8 Å². The van der Waals surface area contributed by atoms with Crippen molar-refractivity contribution in [2.45, 2.75) is 32.4 Å². The van der Waals surface area contributed by atoms with Crippen molar-refractivity contribution in [3.05, 3.63) is 48.0 Å². The highest BCUT2D eigenvalue weighted by Crippen LogP contribution is 2.07. The van der Waals surface area contributed by atoms with E-state index in [4.69, 9.17) is 9.15 Å². The number of nitrogens with zero attached hydrogens (tertiary/aromatic N) is 1. The van der Waals surface area contributed by atoms with Crippen molar-refractivity contribution in [1.82, 2.24) is 15.6 Å². The molecule has 0 fully saturated rings. The molecule has 6 nitrogen and oxygen atoms in total. The van der Waals surface area contributed by atoms with Gasteiger partial charge in [0.25, 0.3) is 0 Å². The average Bonchev–Trinajstić information content (AvgIpc) is 3.05. The normalized spacial score (nSPS) is 11.7. The molecule has 6 heteroatoms. The van der Waals surface area contributed by atoms with Gasteiger partial charge in [0.05, 0.1) is 13.4 Å². The highest BCUT2D eigenvalue weighted by Gasteiger charge is 2.08. The Morgan fingerprint density at radius 2 is 2.27 bits per heavy atom. The predicted octanol–water partition coefficient (Wildman–Crippen LogP) is 2.50. The number of furan rings is 1. The van der Waals surface area contributed by atoms with Gasteiger partial charge in [-0.3, -0.25) is 0 Å². The first-order valence-electron chi connectivity index (χ1n) is 7.23. The summed E-state index contributed by atoms with van der Waals surface area (Å²) in [6, 6.07) is 7.31. The zero-order valence-electron chi connectivity index (χ0n) is 12.8. The molecule has 0 saturated carbocycles. The van der Waals surface area contributed by atoms with Crippen molar-refractivity contribution >= 4 is 6.03 Å². The van der Waals surface area contributed by atoms with Crippen LogP contribution < -0.4 is 15.4 Å². The maximum Gasteiger partial charge on any atom is 0.315 e. The van der Waals surface area contributed by atoms with E-state index in [-0.39, 0.29) is 12.1 Å². The quantitative estimate of drug-likeness (QED) is 0.824. The Labute approximate surface area is 129 Å². The average molecular weight is 303 g/mol. The highest BCUT2D eigenvalue weighted by atomic mass is 16.5. The molecule has 0 aliphatic carbocycles. The number of carbonyl (C=O) groups excluding carboxylic acids is 1. The number of hydrogen-bond acceptors (Lipinski definition) is 4. The first kappa shape index (κ1) is 15.9. The van der Waals surface area contributed by atoms with Crippen LogP contribution >= 0.6 is 0 Å². The van der Waals surface area contributed by atoms with Crippen LogP contribution in [-0.2, 0) is 13.0 Å². The lowest BCUT2D eigenvalue weighted by molar-refractivity contribution is 0.236. The highest BCUT2D eigenvalue weighted by molar-refractivity contribution is 5.74. The van der Waals surface area contributed by atoms with Gasteiger partial charge in [0.2, 0.25) is 5.88 Å². The summed E-state index contributed by atoms with van der Waals surface area (Å²) in [4.78, 5) is 15.9. The van der Waals surface area contributed by atoms with Crippen molar-refractivity contribution in [1.29, 1.82) is 0 Å². The third-order valence-electron chi connectivity index (χ3n) is 3.24. The van der Waals surface area contributed by atoms with Gasteiger partial charge >= 0.3 is 6.03 Å². The fourth-order valence-electron chi connectivity index (χ4n) is 1.98. The minimum Gasteiger partial charge on any atom is -0.481 e. The van der Waals surface area contributed by atoms with Crippen molar-refractivity contribution in [3.63, 3.8) is 0 Å². The molecule has 2 rings (SSSR count). The molecule has 0 bridgehead atoms. The zero-order chi connectivity index (χ0) is 15.8. The number of hydrogen-bond donors (Lipinski definition) is 2. The van der Waals surface area contributed by atoms with Crippen molar-refractivity contribution < 1.29 is 13.9 Å². The minimum atomic E-state index is -0.192. The molecule has 2 heterocycles. The fraction of sp³-hybridized carbons (Fsp3) is 0.375. The third kappa shape index (κ3) is 5.12. The number of urea groups is 1. The number of ether oxygens (including phenoxy) is 1. The van der Waals surface area contributed by atoms with Crippen LogP contribution in [0.3, 0.4) is 0 Å². The molecule has 0 aliphatic heterocycles. The second-order valence-corrected chi connectivity index (χ2v) is 5.05. The van der Waals surface area contributed by atoms with E-state index in [9.17, 15) is 4.79 Å². The zero-order valence-corrected chi connectivity index (χ0v) is 12.8. The molecule has 2 amide bonds. The van der Waals surface area contributed by atoms with E-state index in [2.05, 4.69) is 15.6 Å². The van der Waals surface area contributed by atoms with E-state index in [1.165, 1.54) is 0 Å². The van der Waals surface area contributed by atoms with Crippen LogP contribution in [0.2, 0.25) is 0 Å². The predicted molar refractivity (Wildman–Crippen MR) is 82.7 cm³/mol. The van der Waals surface area contributed by atoms with E-state index in [1.807, 2.05) is 25.1 Å². The number of aromatic nitrogens is 1. The van der Waals surface area contributed by atoms with Gasteiger partial charge in [0.15, 0.2) is 0 Å². The Morgan fingerprint density at radius 1 is 1.41 bits per heavy atom. The maximum absolute atomic E-state index is 11.8. The molecular formula is C16H21N3O3. The Bertz CT molecular complexity index is 567. The van der Waals surface area contributed by atoms with Crippen LogP contribution in [0.4, 0.5) is 4.79 Å². The second kappa shape index (κ2) is 8.07. The number of methoxy groups -OCH3 is 1. The van der Waals surface area contributed by atoms with E-state index in [0.717, 1.165) is 24.2 Å². The Hall–Kier alpha value is -2.50. The molecular weight excluding hydrogens is 282 g/mol. The van der Waals surface area contributed by atoms with E-state index >= 15 is 0 Å². The Morgan fingerprint density at radius 3 is 2.91 bits per heavy atom. The molecule has 0 aromatic carbocycles. The fourth-order valence-corrected chi connectivity index (χ4v) is 1.98. The van der Waals surface area contributed by atoms with E-state index in [0.29, 0.717) is 12.4 Å². The van der Waals surface area contributed by atoms with Crippen LogP contribution in [-0.4, -0.2) is 24.2 Å². The summed E-state index contributed by atoms with van der Waals surface area (Å²) in [6.07, 6.45) is 4.96. The minimum absolute atomic E-state index is 0.0686. The monoisotopic (exact) mass is 303 g/mol. The Balaban J connectivity index is 1.68. The molecule has 118 valence electrons. The van der Waals surface area contributed by atoms with Gasteiger partial charge in [-0.1, -0.05) is 6.07 Å². The van der Waals surface area contributed by atoms with E-state index < -0.39 is 0 Å². The third-order valence-corrected chi connectivity index (χ3v) is 3.24. The van der Waals surface area contributed by atoms with Crippen molar-refractivity contribution in [2.75, 3.05) is 7.11 Å². The second-order valence-electron chi connectivity index (χ2n) is 5.05. The smallest absolute Gasteiger partial charge is 0.315 e. The molecule has 2 aromatic rings.